The fourth-order valence-electron chi connectivity index (χ4n) is 3.53. The number of hydrogen-bond acceptors (Lipinski definition) is 7. The lowest BCUT2D eigenvalue weighted by Gasteiger charge is -2.18. The Kier molecular flexibility index (Phi) is 4.43. The number of ether oxygens (including phenoxy) is 3. The molecule has 28 heavy (non-hydrogen) atoms. The number of phenols is 1. The van der Waals surface area contributed by atoms with Gasteiger partial charge in [-0.05, 0) is 36.8 Å². The molecule has 7 heteroatoms. The van der Waals surface area contributed by atoms with Crippen molar-refractivity contribution in [3.8, 4) is 17.2 Å². The minimum atomic E-state index is -1.07. The summed E-state index contributed by atoms with van der Waals surface area (Å²) in [6.07, 6.45) is -1.07. The average Bonchev–Trinajstić information content (AvgIpc) is 3.10. The van der Waals surface area contributed by atoms with Crippen molar-refractivity contribution in [1.29, 1.82) is 0 Å². The van der Waals surface area contributed by atoms with Gasteiger partial charge >= 0.3 is 11.6 Å². The van der Waals surface area contributed by atoms with Gasteiger partial charge in [-0.25, -0.2) is 9.59 Å². The van der Waals surface area contributed by atoms with Crippen LogP contribution in [0.4, 0.5) is 0 Å². The summed E-state index contributed by atoms with van der Waals surface area (Å²) in [4.78, 5) is 25.3. The SMILES string of the molecule is CCOC(=O)[C@@H]1Oc2c(c(=O)oc3ccccc23)[C@@H]1c1ccc(OC)c(O)c1. The van der Waals surface area contributed by atoms with Crippen molar-refractivity contribution in [1.82, 2.24) is 0 Å². The minimum absolute atomic E-state index is 0.110. The van der Waals surface area contributed by atoms with Crippen molar-refractivity contribution in [3.05, 3.63) is 64.0 Å². The number of rotatable bonds is 4. The Morgan fingerprint density at radius 1 is 1.21 bits per heavy atom. The molecule has 4 rings (SSSR count). The zero-order valence-electron chi connectivity index (χ0n) is 15.3. The summed E-state index contributed by atoms with van der Waals surface area (Å²) in [5.74, 6) is -0.915. The molecule has 1 aliphatic rings. The first-order valence-corrected chi connectivity index (χ1v) is 8.81. The Hall–Kier alpha value is -3.48. The smallest absolute Gasteiger partial charge is 0.348 e. The second-order valence-electron chi connectivity index (χ2n) is 6.33. The van der Waals surface area contributed by atoms with Crippen molar-refractivity contribution >= 4 is 16.9 Å². The normalized spacial score (nSPS) is 17.8. The molecule has 0 bridgehead atoms. The minimum Gasteiger partial charge on any atom is -0.504 e. The van der Waals surface area contributed by atoms with E-state index in [9.17, 15) is 14.7 Å². The number of phenolic OH excluding ortho intramolecular Hbond substituents is 1. The molecule has 2 aromatic carbocycles. The number of carbonyl (C=O) groups excluding carboxylic acids is 1. The van der Waals surface area contributed by atoms with Gasteiger partial charge in [-0.2, -0.15) is 0 Å². The Morgan fingerprint density at radius 2 is 2.00 bits per heavy atom. The van der Waals surface area contributed by atoms with Crippen molar-refractivity contribution in [3.63, 3.8) is 0 Å². The quantitative estimate of drug-likeness (QED) is 0.547. The van der Waals surface area contributed by atoms with Crippen LogP contribution >= 0.6 is 0 Å². The van der Waals surface area contributed by atoms with Gasteiger partial charge in [0, 0.05) is 0 Å². The van der Waals surface area contributed by atoms with E-state index in [1.54, 1.807) is 43.3 Å². The van der Waals surface area contributed by atoms with E-state index in [1.807, 2.05) is 0 Å². The van der Waals surface area contributed by atoms with E-state index in [-0.39, 0.29) is 23.7 Å². The van der Waals surface area contributed by atoms with Crippen LogP contribution in [0.15, 0.2) is 51.7 Å². The first-order valence-electron chi connectivity index (χ1n) is 8.81. The fraction of sp³-hybridized carbons (Fsp3) is 0.238. The van der Waals surface area contributed by atoms with Gasteiger partial charge in [0.05, 0.1) is 30.6 Å². The summed E-state index contributed by atoms with van der Waals surface area (Å²) in [7, 11) is 1.44. The lowest BCUT2D eigenvalue weighted by molar-refractivity contribution is -0.151. The van der Waals surface area contributed by atoms with E-state index in [0.29, 0.717) is 22.3 Å². The Balaban J connectivity index is 1.94. The highest BCUT2D eigenvalue weighted by Crippen LogP contribution is 2.45. The molecule has 0 unspecified atom stereocenters. The number of methoxy groups -OCH3 is 1. The number of hydrogen-bond donors (Lipinski definition) is 1. The number of fused-ring (bicyclic) bond motifs is 3. The van der Waals surface area contributed by atoms with Crippen LogP contribution in [-0.2, 0) is 9.53 Å². The molecular weight excluding hydrogens is 364 g/mol. The van der Waals surface area contributed by atoms with E-state index in [1.165, 1.54) is 13.2 Å². The zero-order chi connectivity index (χ0) is 19.8. The van der Waals surface area contributed by atoms with Gasteiger partial charge in [-0.15, -0.1) is 0 Å². The second-order valence-corrected chi connectivity index (χ2v) is 6.33. The molecule has 0 saturated carbocycles. The van der Waals surface area contributed by atoms with Gasteiger partial charge in [-0.1, -0.05) is 18.2 Å². The van der Waals surface area contributed by atoms with Crippen LogP contribution < -0.4 is 15.1 Å². The molecule has 0 spiro atoms. The van der Waals surface area contributed by atoms with Crippen LogP contribution in [0.3, 0.4) is 0 Å². The average molecular weight is 382 g/mol. The van der Waals surface area contributed by atoms with Crippen molar-refractivity contribution in [2.24, 2.45) is 0 Å². The topological polar surface area (TPSA) is 95.2 Å². The van der Waals surface area contributed by atoms with Gasteiger partial charge in [-0.3, -0.25) is 0 Å². The van der Waals surface area contributed by atoms with Crippen molar-refractivity contribution in [2.75, 3.05) is 13.7 Å². The van der Waals surface area contributed by atoms with E-state index in [0.717, 1.165) is 0 Å². The second kappa shape index (κ2) is 6.92. The Labute approximate surface area is 160 Å². The molecule has 2 atom stereocenters. The molecule has 2 heterocycles. The number of esters is 1. The maximum atomic E-state index is 12.8. The molecule has 1 aromatic heterocycles. The molecule has 7 nitrogen and oxygen atoms in total. The lowest BCUT2D eigenvalue weighted by Crippen LogP contribution is -2.32. The van der Waals surface area contributed by atoms with Gasteiger partial charge in [0.25, 0.3) is 0 Å². The van der Waals surface area contributed by atoms with Crippen LogP contribution in [0.2, 0.25) is 0 Å². The van der Waals surface area contributed by atoms with Gasteiger partial charge in [0.15, 0.2) is 11.5 Å². The van der Waals surface area contributed by atoms with E-state index in [4.69, 9.17) is 18.6 Å². The highest BCUT2D eigenvalue weighted by Gasteiger charge is 2.45. The molecule has 1 N–H and O–H groups in total. The summed E-state index contributed by atoms with van der Waals surface area (Å²) >= 11 is 0. The summed E-state index contributed by atoms with van der Waals surface area (Å²) in [6.45, 7) is 1.86. The van der Waals surface area contributed by atoms with Gasteiger partial charge in [0.1, 0.15) is 11.3 Å². The number of carbonyl (C=O) groups is 1. The predicted octanol–water partition coefficient (Wildman–Crippen LogP) is 2.96. The third-order valence-corrected chi connectivity index (χ3v) is 4.74. The van der Waals surface area contributed by atoms with E-state index < -0.39 is 23.6 Å². The largest absolute Gasteiger partial charge is 0.504 e. The molecule has 144 valence electrons. The summed E-state index contributed by atoms with van der Waals surface area (Å²) in [5.41, 5.74) is 0.506. The maximum absolute atomic E-state index is 12.8. The molecule has 0 fully saturated rings. The molecule has 0 aliphatic carbocycles. The van der Waals surface area contributed by atoms with Crippen LogP contribution in [0.25, 0.3) is 11.0 Å². The van der Waals surface area contributed by atoms with Crippen molar-refractivity contribution in [2.45, 2.75) is 18.9 Å². The number of aromatic hydroxyl groups is 1. The van der Waals surface area contributed by atoms with Gasteiger partial charge in [0.2, 0.25) is 6.10 Å². The number of para-hydroxylation sites is 1. The fourth-order valence-corrected chi connectivity index (χ4v) is 3.53. The highest BCUT2D eigenvalue weighted by atomic mass is 16.6. The van der Waals surface area contributed by atoms with Crippen LogP contribution in [0.1, 0.15) is 24.0 Å². The molecule has 0 saturated heterocycles. The summed E-state index contributed by atoms with van der Waals surface area (Å²) in [6, 6.07) is 11.6. The van der Waals surface area contributed by atoms with Crippen molar-refractivity contribution < 1.29 is 28.5 Å². The molecule has 0 amide bonds. The van der Waals surface area contributed by atoms with Crippen LogP contribution in [0.5, 0.6) is 17.2 Å². The van der Waals surface area contributed by atoms with Gasteiger partial charge < -0.3 is 23.7 Å². The Morgan fingerprint density at radius 3 is 2.71 bits per heavy atom. The van der Waals surface area contributed by atoms with E-state index in [2.05, 4.69) is 0 Å². The summed E-state index contributed by atoms with van der Waals surface area (Å²) < 4.78 is 21.6. The highest BCUT2D eigenvalue weighted by molar-refractivity contribution is 5.88. The molecule has 0 radical (unpaired) electrons. The Bertz CT molecular complexity index is 1120. The molecule has 3 aromatic rings. The van der Waals surface area contributed by atoms with E-state index >= 15 is 0 Å². The molecule has 1 aliphatic heterocycles. The molecular formula is C21H18O7. The van der Waals surface area contributed by atoms with Crippen LogP contribution in [0, 0.1) is 0 Å². The maximum Gasteiger partial charge on any atom is 0.348 e. The lowest BCUT2D eigenvalue weighted by atomic mass is 9.88. The standard InChI is InChI=1S/C21H18O7/c1-3-26-21(24)19-16(11-8-9-15(25-2)13(22)10-11)17-18(28-19)12-6-4-5-7-14(12)27-20(17)23/h4-10,16,19,22H,3H2,1-2H3/t16-,19+/m0/s1. The third-order valence-electron chi connectivity index (χ3n) is 4.74. The number of benzene rings is 2. The third kappa shape index (κ3) is 2.76. The first-order chi connectivity index (χ1) is 13.5. The van der Waals surface area contributed by atoms with Crippen LogP contribution in [-0.4, -0.2) is 30.9 Å². The monoisotopic (exact) mass is 382 g/mol. The predicted molar refractivity (Wildman–Crippen MR) is 100 cm³/mol. The summed E-state index contributed by atoms with van der Waals surface area (Å²) in [5, 5.41) is 10.8. The first kappa shape index (κ1) is 17.9. The zero-order valence-corrected chi connectivity index (χ0v) is 15.3.